The fourth-order valence-corrected chi connectivity index (χ4v) is 2.34. The first kappa shape index (κ1) is 16.2. The van der Waals surface area contributed by atoms with Gasteiger partial charge in [0, 0.05) is 23.6 Å². The van der Waals surface area contributed by atoms with Crippen molar-refractivity contribution < 1.29 is 9.21 Å². The largest absolute Gasteiger partial charge is 0.421 e. The van der Waals surface area contributed by atoms with Gasteiger partial charge < -0.3 is 9.73 Å². The molecule has 0 aliphatic carbocycles. The minimum Gasteiger partial charge on any atom is -0.421 e. The second-order valence-corrected chi connectivity index (χ2v) is 5.71. The molecule has 1 amide bonds. The zero-order valence-corrected chi connectivity index (χ0v) is 13.7. The summed E-state index contributed by atoms with van der Waals surface area (Å²) in [7, 11) is 0. The van der Waals surface area contributed by atoms with Crippen LogP contribution in [0, 0.1) is 0 Å². The van der Waals surface area contributed by atoms with E-state index in [1.54, 1.807) is 12.1 Å². The Labute approximate surface area is 144 Å². The van der Waals surface area contributed by atoms with Crippen LogP contribution >= 0.6 is 11.6 Å². The molecular formula is C18H16ClN3O2. The summed E-state index contributed by atoms with van der Waals surface area (Å²) in [6.07, 6.45) is 0.849. The van der Waals surface area contributed by atoms with E-state index >= 15 is 0 Å². The molecule has 2 aromatic carbocycles. The maximum absolute atomic E-state index is 11.9. The van der Waals surface area contributed by atoms with Crippen molar-refractivity contribution in [3.63, 3.8) is 0 Å². The van der Waals surface area contributed by atoms with Crippen molar-refractivity contribution in [2.75, 3.05) is 6.54 Å². The second-order valence-electron chi connectivity index (χ2n) is 5.27. The Bertz CT molecular complexity index is 801. The highest BCUT2D eigenvalue weighted by Gasteiger charge is 2.09. The highest BCUT2D eigenvalue weighted by Crippen LogP contribution is 2.20. The van der Waals surface area contributed by atoms with Gasteiger partial charge in [-0.25, -0.2) is 0 Å². The van der Waals surface area contributed by atoms with E-state index in [-0.39, 0.29) is 5.91 Å². The molecule has 0 aliphatic heterocycles. The number of carbonyl (C=O) groups excluding carboxylic acids is 1. The normalized spacial score (nSPS) is 10.5. The third kappa shape index (κ3) is 4.43. The molecule has 0 atom stereocenters. The van der Waals surface area contributed by atoms with Crippen molar-refractivity contribution in [1.82, 2.24) is 15.5 Å². The summed E-state index contributed by atoms with van der Waals surface area (Å²) in [4.78, 5) is 11.9. The number of amides is 1. The van der Waals surface area contributed by atoms with Gasteiger partial charge in [-0.15, -0.1) is 10.2 Å². The van der Waals surface area contributed by atoms with Crippen molar-refractivity contribution >= 4 is 17.5 Å². The van der Waals surface area contributed by atoms with Crippen LogP contribution in [0.5, 0.6) is 0 Å². The van der Waals surface area contributed by atoms with Crippen LogP contribution in [0.2, 0.25) is 5.02 Å². The Morgan fingerprint density at radius 3 is 2.54 bits per heavy atom. The number of nitrogens with zero attached hydrogens (tertiary/aromatic N) is 2. The monoisotopic (exact) mass is 341 g/mol. The summed E-state index contributed by atoms with van der Waals surface area (Å²) < 4.78 is 5.59. The van der Waals surface area contributed by atoms with Crippen LogP contribution in [0.15, 0.2) is 59.0 Å². The molecular weight excluding hydrogens is 326 g/mol. The molecule has 3 aromatic rings. The summed E-state index contributed by atoms with van der Waals surface area (Å²) >= 11 is 5.85. The molecule has 6 heteroatoms. The molecule has 122 valence electrons. The number of carbonyl (C=O) groups is 1. The SMILES string of the molecule is O=C(Cc1ccccc1)NCCc1nnc(-c2ccc(Cl)cc2)o1. The quantitative estimate of drug-likeness (QED) is 0.747. The molecule has 0 unspecified atom stereocenters. The molecule has 24 heavy (non-hydrogen) atoms. The second kappa shape index (κ2) is 7.75. The van der Waals surface area contributed by atoms with Crippen molar-refractivity contribution in [1.29, 1.82) is 0 Å². The molecule has 0 fully saturated rings. The average Bonchev–Trinajstić information content (AvgIpc) is 3.05. The Balaban J connectivity index is 1.49. The van der Waals surface area contributed by atoms with Gasteiger partial charge in [-0.05, 0) is 29.8 Å². The Morgan fingerprint density at radius 2 is 1.79 bits per heavy atom. The molecule has 0 spiro atoms. The highest BCUT2D eigenvalue weighted by atomic mass is 35.5. The van der Waals surface area contributed by atoms with E-state index in [1.165, 1.54) is 0 Å². The Kier molecular flexibility index (Phi) is 5.23. The van der Waals surface area contributed by atoms with Crippen LogP contribution < -0.4 is 5.32 Å². The molecule has 0 aliphatic rings. The number of nitrogens with one attached hydrogen (secondary N) is 1. The van der Waals surface area contributed by atoms with Crippen molar-refractivity contribution in [3.05, 3.63) is 71.1 Å². The lowest BCUT2D eigenvalue weighted by atomic mass is 10.1. The van der Waals surface area contributed by atoms with Gasteiger partial charge in [0.15, 0.2) is 0 Å². The van der Waals surface area contributed by atoms with Crippen molar-refractivity contribution in [2.45, 2.75) is 12.8 Å². The van der Waals surface area contributed by atoms with E-state index in [0.29, 0.717) is 36.2 Å². The first-order valence-electron chi connectivity index (χ1n) is 7.59. The zero-order chi connectivity index (χ0) is 16.8. The van der Waals surface area contributed by atoms with Crippen LogP contribution in [0.1, 0.15) is 11.5 Å². The summed E-state index contributed by atoms with van der Waals surface area (Å²) in [6, 6.07) is 16.8. The van der Waals surface area contributed by atoms with Gasteiger partial charge in [0.05, 0.1) is 6.42 Å². The van der Waals surface area contributed by atoms with Gasteiger partial charge >= 0.3 is 0 Å². The summed E-state index contributed by atoms with van der Waals surface area (Å²) in [6.45, 7) is 0.452. The first-order chi connectivity index (χ1) is 11.7. The lowest BCUT2D eigenvalue weighted by Gasteiger charge is -2.03. The van der Waals surface area contributed by atoms with E-state index in [4.69, 9.17) is 16.0 Å². The molecule has 0 saturated carbocycles. The van der Waals surface area contributed by atoms with Gasteiger partial charge in [-0.2, -0.15) is 0 Å². The van der Waals surface area contributed by atoms with Crippen LogP contribution in [0.4, 0.5) is 0 Å². The van der Waals surface area contributed by atoms with Crippen LogP contribution in [-0.2, 0) is 17.6 Å². The van der Waals surface area contributed by atoms with Crippen LogP contribution in [0.25, 0.3) is 11.5 Å². The van der Waals surface area contributed by atoms with Gasteiger partial charge in [0.2, 0.25) is 17.7 Å². The van der Waals surface area contributed by atoms with Crippen molar-refractivity contribution in [3.8, 4) is 11.5 Å². The van der Waals surface area contributed by atoms with E-state index in [1.807, 2.05) is 42.5 Å². The summed E-state index contributed by atoms with van der Waals surface area (Å²) in [5, 5.41) is 11.5. The number of halogens is 1. The summed E-state index contributed by atoms with van der Waals surface area (Å²) in [5.74, 6) is 0.899. The predicted molar refractivity (Wildman–Crippen MR) is 91.6 cm³/mol. The van der Waals surface area contributed by atoms with E-state index in [9.17, 15) is 4.79 Å². The molecule has 0 radical (unpaired) electrons. The lowest BCUT2D eigenvalue weighted by molar-refractivity contribution is -0.120. The number of rotatable bonds is 6. The van der Waals surface area contributed by atoms with E-state index in [2.05, 4.69) is 15.5 Å². The predicted octanol–water partition coefficient (Wildman–Crippen LogP) is 3.29. The lowest BCUT2D eigenvalue weighted by Crippen LogP contribution is -2.27. The topological polar surface area (TPSA) is 68.0 Å². The summed E-state index contributed by atoms with van der Waals surface area (Å²) in [5.41, 5.74) is 1.80. The van der Waals surface area contributed by atoms with Crippen LogP contribution in [-0.4, -0.2) is 22.6 Å². The smallest absolute Gasteiger partial charge is 0.247 e. The molecule has 1 N–H and O–H groups in total. The molecule has 1 aromatic heterocycles. The molecule has 5 nitrogen and oxygen atoms in total. The molecule has 1 heterocycles. The molecule has 3 rings (SSSR count). The number of hydrogen-bond acceptors (Lipinski definition) is 4. The zero-order valence-electron chi connectivity index (χ0n) is 12.9. The van der Waals surface area contributed by atoms with Crippen molar-refractivity contribution in [2.24, 2.45) is 0 Å². The maximum atomic E-state index is 11.9. The fraction of sp³-hybridized carbons (Fsp3) is 0.167. The molecule has 0 saturated heterocycles. The first-order valence-corrected chi connectivity index (χ1v) is 7.97. The average molecular weight is 342 g/mol. The number of aromatic nitrogens is 2. The maximum Gasteiger partial charge on any atom is 0.247 e. The standard InChI is InChI=1S/C18H16ClN3O2/c19-15-8-6-14(7-9-15)18-22-21-17(24-18)10-11-20-16(23)12-13-4-2-1-3-5-13/h1-9H,10-12H2,(H,20,23). The minimum absolute atomic E-state index is 0.0290. The fourth-order valence-electron chi connectivity index (χ4n) is 2.22. The van der Waals surface area contributed by atoms with Gasteiger partial charge in [-0.3, -0.25) is 4.79 Å². The van der Waals surface area contributed by atoms with E-state index in [0.717, 1.165) is 11.1 Å². The molecule has 0 bridgehead atoms. The van der Waals surface area contributed by atoms with Gasteiger partial charge in [-0.1, -0.05) is 41.9 Å². The van der Waals surface area contributed by atoms with Crippen LogP contribution in [0.3, 0.4) is 0 Å². The number of hydrogen-bond donors (Lipinski definition) is 1. The Hall–Kier alpha value is -2.66. The third-order valence-electron chi connectivity index (χ3n) is 3.43. The van der Waals surface area contributed by atoms with E-state index < -0.39 is 0 Å². The Morgan fingerprint density at radius 1 is 1.04 bits per heavy atom. The van der Waals surface area contributed by atoms with Gasteiger partial charge in [0.25, 0.3) is 0 Å². The highest BCUT2D eigenvalue weighted by molar-refractivity contribution is 6.30. The third-order valence-corrected chi connectivity index (χ3v) is 3.68. The van der Waals surface area contributed by atoms with Gasteiger partial charge in [0.1, 0.15) is 0 Å². The number of benzene rings is 2. The minimum atomic E-state index is -0.0290.